The van der Waals surface area contributed by atoms with Crippen LogP contribution in [-0.4, -0.2) is 16.9 Å². The van der Waals surface area contributed by atoms with Crippen LogP contribution in [-0.2, 0) is 6.42 Å². The molecule has 0 aliphatic heterocycles. The van der Waals surface area contributed by atoms with Gasteiger partial charge in [-0.2, -0.15) is 0 Å². The predicted octanol–water partition coefficient (Wildman–Crippen LogP) is 1.67. The van der Waals surface area contributed by atoms with Crippen molar-refractivity contribution in [2.24, 2.45) is 0 Å². The van der Waals surface area contributed by atoms with E-state index in [9.17, 15) is 0 Å². The van der Waals surface area contributed by atoms with Crippen LogP contribution in [0, 0.1) is 0 Å². The van der Waals surface area contributed by atoms with Gasteiger partial charge in [0, 0.05) is 0 Å². The molecule has 0 amide bonds. The third-order valence-electron chi connectivity index (χ3n) is 1.40. The van der Waals surface area contributed by atoms with Crippen LogP contribution in [0.15, 0.2) is 30.3 Å². The molecule has 10 heavy (non-hydrogen) atoms. The van der Waals surface area contributed by atoms with E-state index in [0.717, 1.165) is 4.71 Å². The molecule has 0 radical (unpaired) electrons. The van der Waals surface area contributed by atoms with Crippen LogP contribution < -0.4 is 0 Å². The van der Waals surface area contributed by atoms with Crippen molar-refractivity contribution >= 4 is 16.9 Å². The zero-order valence-corrected chi connectivity index (χ0v) is 8.67. The molecule has 0 aliphatic rings. The molecule has 0 aliphatic carbocycles. The Balaban J connectivity index is 2.59. The van der Waals surface area contributed by atoms with Gasteiger partial charge in [-0.25, -0.2) is 0 Å². The molecule has 0 fully saturated rings. The second-order valence-electron chi connectivity index (χ2n) is 2.67. The monoisotopic (exact) mass is 196 g/mol. The Morgan fingerprint density at radius 3 is 2.40 bits per heavy atom. The molecule has 0 N–H and O–H groups in total. The molecule has 54 valence electrons. The Morgan fingerprint density at radius 2 is 1.90 bits per heavy atom. The van der Waals surface area contributed by atoms with Gasteiger partial charge in [-0.3, -0.25) is 0 Å². The summed E-state index contributed by atoms with van der Waals surface area (Å²) in [4.78, 5) is 0. The van der Waals surface area contributed by atoms with E-state index in [1.54, 1.807) is 0 Å². The number of rotatable bonds is 2. The van der Waals surface area contributed by atoms with E-state index in [-0.39, 0.29) is 0 Å². The van der Waals surface area contributed by atoms with Crippen molar-refractivity contribution in [1.29, 1.82) is 0 Å². The van der Waals surface area contributed by atoms with Gasteiger partial charge in [0.25, 0.3) is 0 Å². The first-order valence-electron chi connectivity index (χ1n) is 3.58. The Labute approximate surface area is 71.1 Å². The summed E-state index contributed by atoms with van der Waals surface area (Å²) in [5, 5.41) is 0. The molecule has 1 aromatic rings. The normalized spacial score (nSPS) is 13.0. The Kier molecular flexibility index (Phi) is 3.02. The van der Waals surface area contributed by atoms with E-state index in [2.05, 4.69) is 37.3 Å². The van der Waals surface area contributed by atoms with Crippen molar-refractivity contribution in [2.75, 3.05) is 0 Å². The van der Waals surface area contributed by atoms with Crippen LogP contribution >= 0.6 is 0 Å². The van der Waals surface area contributed by atoms with E-state index >= 15 is 0 Å². The van der Waals surface area contributed by atoms with Crippen LogP contribution in [0.3, 0.4) is 0 Å². The van der Waals surface area contributed by atoms with Crippen LogP contribution in [0.25, 0.3) is 0 Å². The van der Waals surface area contributed by atoms with Crippen molar-refractivity contribution in [2.45, 2.75) is 18.1 Å². The molecular formula is C9H13As. The third kappa shape index (κ3) is 2.58. The number of hydrogen-bond acceptors (Lipinski definition) is 0. The molecule has 0 saturated carbocycles. The fraction of sp³-hybridized carbons (Fsp3) is 0.333. The molecule has 0 heterocycles. The van der Waals surface area contributed by atoms with Gasteiger partial charge in [0.05, 0.1) is 0 Å². The minimum atomic E-state index is 0.829. The van der Waals surface area contributed by atoms with Crippen LogP contribution in [0.4, 0.5) is 0 Å². The summed E-state index contributed by atoms with van der Waals surface area (Å²) in [5.74, 6) is 0. The second-order valence-corrected chi connectivity index (χ2v) is 5.05. The fourth-order valence-corrected chi connectivity index (χ4v) is 1.56. The quantitative estimate of drug-likeness (QED) is 0.631. The molecule has 2 atom stereocenters. The second kappa shape index (κ2) is 3.83. The minimum absolute atomic E-state index is 0.829. The van der Waals surface area contributed by atoms with Crippen molar-refractivity contribution in [3.8, 4) is 0 Å². The van der Waals surface area contributed by atoms with Gasteiger partial charge in [0.15, 0.2) is 0 Å². The van der Waals surface area contributed by atoms with E-state index in [1.807, 2.05) is 16.9 Å². The topological polar surface area (TPSA) is 0 Å². The summed E-state index contributed by atoms with van der Waals surface area (Å²) in [7, 11) is 0. The predicted molar refractivity (Wildman–Crippen MR) is 48.1 cm³/mol. The molecule has 1 rings (SSSR count). The van der Waals surface area contributed by atoms with E-state index < -0.39 is 0 Å². The van der Waals surface area contributed by atoms with Gasteiger partial charge < -0.3 is 0 Å². The van der Waals surface area contributed by atoms with Crippen molar-refractivity contribution in [3.63, 3.8) is 0 Å². The molecule has 0 aromatic heterocycles. The zero-order valence-electron chi connectivity index (χ0n) is 6.25. The van der Waals surface area contributed by atoms with Gasteiger partial charge in [-0.1, -0.05) is 0 Å². The summed E-state index contributed by atoms with van der Waals surface area (Å²) in [6.07, 6.45) is 1.22. The molecular weight excluding hydrogens is 183 g/mol. The van der Waals surface area contributed by atoms with Gasteiger partial charge in [-0.15, -0.1) is 0 Å². The third-order valence-corrected chi connectivity index (χ3v) is 1.90. The number of benzene rings is 1. The summed E-state index contributed by atoms with van der Waals surface area (Å²) >= 11 is 1.82. The van der Waals surface area contributed by atoms with Gasteiger partial charge >= 0.3 is 70.8 Å². The molecule has 1 aromatic carbocycles. The van der Waals surface area contributed by atoms with E-state index in [4.69, 9.17) is 0 Å². The van der Waals surface area contributed by atoms with Crippen molar-refractivity contribution < 1.29 is 0 Å². The first-order valence-corrected chi connectivity index (χ1v) is 4.98. The number of hydrogen-bond donors (Lipinski definition) is 0. The van der Waals surface area contributed by atoms with Crippen molar-refractivity contribution in [1.82, 2.24) is 0 Å². The van der Waals surface area contributed by atoms with Crippen molar-refractivity contribution in [3.05, 3.63) is 35.9 Å². The summed E-state index contributed by atoms with van der Waals surface area (Å²) < 4.78 is 0.829. The maximum absolute atomic E-state index is 2.27. The maximum atomic E-state index is 2.27. The summed E-state index contributed by atoms with van der Waals surface area (Å²) in [6.45, 7) is 2.27. The Hall–Kier alpha value is -0.222. The SMILES string of the molecule is CC([AsH2])Cc1ccccc1. The molecule has 2 unspecified atom stereocenters. The molecule has 0 bridgehead atoms. The molecule has 0 spiro atoms. The zero-order chi connectivity index (χ0) is 7.40. The first kappa shape index (κ1) is 7.88. The average molecular weight is 196 g/mol. The molecule has 0 saturated heterocycles. The standard InChI is InChI=1S/C9H13As/c1-8(10)7-9-5-3-2-4-6-9/h2-6,8H,7,10H2,1H3. The van der Waals surface area contributed by atoms with Gasteiger partial charge in [0.1, 0.15) is 0 Å². The van der Waals surface area contributed by atoms with Gasteiger partial charge in [-0.05, 0) is 0 Å². The Bertz CT molecular complexity index is 179. The average Bonchev–Trinajstić information content (AvgIpc) is 1.88. The molecule has 1 heteroatoms. The summed E-state index contributed by atoms with van der Waals surface area (Å²) in [5.41, 5.74) is 1.46. The van der Waals surface area contributed by atoms with Crippen LogP contribution in [0.2, 0.25) is 4.71 Å². The van der Waals surface area contributed by atoms with E-state index in [1.165, 1.54) is 12.0 Å². The Morgan fingerprint density at radius 1 is 1.30 bits per heavy atom. The van der Waals surface area contributed by atoms with Crippen LogP contribution in [0.5, 0.6) is 0 Å². The fourth-order valence-electron chi connectivity index (χ4n) is 0.986. The van der Waals surface area contributed by atoms with E-state index in [0.29, 0.717) is 0 Å². The molecule has 0 nitrogen and oxygen atoms in total. The van der Waals surface area contributed by atoms with Gasteiger partial charge in [0.2, 0.25) is 0 Å². The first-order chi connectivity index (χ1) is 4.79. The van der Waals surface area contributed by atoms with Crippen LogP contribution in [0.1, 0.15) is 12.5 Å². The summed E-state index contributed by atoms with van der Waals surface area (Å²) in [6, 6.07) is 10.6.